The van der Waals surface area contributed by atoms with E-state index in [1.54, 1.807) is 0 Å². The van der Waals surface area contributed by atoms with E-state index in [2.05, 4.69) is 56.9 Å². The van der Waals surface area contributed by atoms with Gasteiger partial charge in [-0.05, 0) is 37.5 Å². The first kappa shape index (κ1) is 19.1. The number of aliphatic imine (C=N–C) groups is 1. The monoisotopic (exact) mass is 366 g/mol. The van der Waals surface area contributed by atoms with Crippen molar-refractivity contribution in [1.29, 1.82) is 0 Å². The molecule has 0 aromatic heterocycles. The van der Waals surface area contributed by atoms with Crippen LogP contribution in [0.4, 0.5) is 5.69 Å². The molecule has 2 aromatic carbocycles. The molecule has 1 heterocycles. The molecule has 2 aromatic rings. The lowest BCUT2D eigenvalue weighted by atomic mass is 10.1. The molecule has 1 saturated heterocycles. The lowest BCUT2D eigenvalue weighted by Crippen LogP contribution is -2.40. The molecule has 1 unspecified atom stereocenters. The summed E-state index contributed by atoms with van der Waals surface area (Å²) in [7, 11) is 1.81. The third-order valence-electron chi connectivity index (χ3n) is 4.91. The lowest BCUT2D eigenvalue weighted by Gasteiger charge is -2.19. The van der Waals surface area contributed by atoms with Crippen LogP contribution in [0.2, 0.25) is 0 Å². The number of hydrogen-bond donors (Lipinski definition) is 2. The second kappa shape index (κ2) is 9.86. The largest absolute Gasteiger partial charge is 0.494 e. The van der Waals surface area contributed by atoms with Crippen molar-refractivity contribution < 1.29 is 4.74 Å². The maximum Gasteiger partial charge on any atom is 0.191 e. The third-order valence-corrected chi connectivity index (χ3v) is 4.91. The van der Waals surface area contributed by atoms with E-state index in [0.717, 1.165) is 36.9 Å². The van der Waals surface area contributed by atoms with Crippen molar-refractivity contribution in [2.45, 2.75) is 19.9 Å². The number of guanidine groups is 1. The number of para-hydroxylation sites is 2. The van der Waals surface area contributed by atoms with Crippen molar-refractivity contribution in [1.82, 2.24) is 10.6 Å². The van der Waals surface area contributed by atoms with Crippen LogP contribution in [-0.4, -0.2) is 39.2 Å². The Balaban J connectivity index is 1.46. The van der Waals surface area contributed by atoms with E-state index < -0.39 is 0 Å². The van der Waals surface area contributed by atoms with Gasteiger partial charge in [-0.25, -0.2) is 0 Å². The summed E-state index contributed by atoms with van der Waals surface area (Å²) in [6, 6.07) is 18.8. The smallest absolute Gasteiger partial charge is 0.191 e. The molecule has 5 heteroatoms. The maximum atomic E-state index is 5.69. The predicted molar refractivity (Wildman–Crippen MR) is 113 cm³/mol. The fraction of sp³-hybridized carbons (Fsp3) is 0.409. The fourth-order valence-electron chi connectivity index (χ4n) is 3.46. The highest BCUT2D eigenvalue weighted by atomic mass is 16.5. The van der Waals surface area contributed by atoms with Crippen LogP contribution in [0.15, 0.2) is 59.6 Å². The van der Waals surface area contributed by atoms with Crippen molar-refractivity contribution in [2.24, 2.45) is 10.9 Å². The van der Waals surface area contributed by atoms with Crippen LogP contribution in [0.1, 0.15) is 18.9 Å². The van der Waals surface area contributed by atoms with Crippen molar-refractivity contribution in [2.75, 3.05) is 38.2 Å². The minimum atomic E-state index is 0.625. The minimum Gasteiger partial charge on any atom is -0.494 e. The summed E-state index contributed by atoms with van der Waals surface area (Å²) in [5.74, 6) is 2.39. The molecular weight excluding hydrogens is 336 g/mol. The zero-order chi connectivity index (χ0) is 18.9. The molecule has 0 radical (unpaired) electrons. The average molecular weight is 367 g/mol. The Morgan fingerprint density at radius 2 is 1.89 bits per heavy atom. The summed E-state index contributed by atoms with van der Waals surface area (Å²) in [4.78, 5) is 6.82. The van der Waals surface area contributed by atoms with Gasteiger partial charge in [-0.3, -0.25) is 4.99 Å². The van der Waals surface area contributed by atoms with Gasteiger partial charge in [-0.2, -0.15) is 0 Å². The van der Waals surface area contributed by atoms with Gasteiger partial charge in [-0.1, -0.05) is 36.4 Å². The van der Waals surface area contributed by atoms with E-state index in [1.165, 1.54) is 12.1 Å². The van der Waals surface area contributed by atoms with Crippen LogP contribution < -0.4 is 20.3 Å². The van der Waals surface area contributed by atoms with Crippen molar-refractivity contribution in [3.05, 3.63) is 60.2 Å². The van der Waals surface area contributed by atoms with Crippen LogP contribution in [0, 0.1) is 5.92 Å². The number of nitrogens with zero attached hydrogens (tertiary/aromatic N) is 2. The Hall–Kier alpha value is -2.69. The molecule has 1 atom stereocenters. The van der Waals surface area contributed by atoms with E-state index in [4.69, 9.17) is 4.74 Å². The number of ether oxygens (including phenoxy) is 1. The molecule has 1 aliphatic rings. The second-order valence-electron chi connectivity index (χ2n) is 6.78. The van der Waals surface area contributed by atoms with Crippen LogP contribution in [0.25, 0.3) is 0 Å². The topological polar surface area (TPSA) is 48.9 Å². The van der Waals surface area contributed by atoms with Crippen LogP contribution >= 0.6 is 0 Å². The van der Waals surface area contributed by atoms with Gasteiger partial charge in [0.05, 0.1) is 6.61 Å². The molecule has 27 heavy (non-hydrogen) atoms. The highest BCUT2D eigenvalue weighted by Gasteiger charge is 2.22. The molecule has 5 nitrogen and oxygen atoms in total. The quantitative estimate of drug-likeness (QED) is 0.583. The molecule has 0 bridgehead atoms. The SMILES string of the molecule is CCOc1ccccc1CNC(=NC)NCC1CCN(c2ccccc2)C1. The van der Waals surface area contributed by atoms with Crippen LogP contribution in [-0.2, 0) is 6.54 Å². The molecule has 1 fully saturated rings. The second-order valence-corrected chi connectivity index (χ2v) is 6.78. The maximum absolute atomic E-state index is 5.69. The normalized spacial score (nSPS) is 17.0. The van der Waals surface area contributed by atoms with Gasteiger partial charge in [-0.15, -0.1) is 0 Å². The van der Waals surface area contributed by atoms with Gasteiger partial charge in [0, 0.05) is 44.5 Å². The van der Waals surface area contributed by atoms with Gasteiger partial charge < -0.3 is 20.3 Å². The van der Waals surface area contributed by atoms with Crippen molar-refractivity contribution in [3.63, 3.8) is 0 Å². The highest BCUT2D eigenvalue weighted by molar-refractivity contribution is 5.79. The number of rotatable bonds is 7. The molecule has 0 spiro atoms. The summed E-state index contributed by atoms with van der Waals surface area (Å²) in [6.07, 6.45) is 1.20. The Morgan fingerprint density at radius 1 is 1.11 bits per heavy atom. The van der Waals surface area contributed by atoms with E-state index >= 15 is 0 Å². The van der Waals surface area contributed by atoms with E-state index in [1.807, 2.05) is 32.2 Å². The van der Waals surface area contributed by atoms with E-state index in [9.17, 15) is 0 Å². The number of nitrogens with one attached hydrogen (secondary N) is 2. The van der Waals surface area contributed by atoms with Gasteiger partial charge in [0.1, 0.15) is 5.75 Å². The molecule has 0 saturated carbocycles. The van der Waals surface area contributed by atoms with Crippen molar-refractivity contribution in [3.8, 4) is 5.75 Å². The van der Waals surface area contributed by atoms with E-state index in [-0.39, 0.29) is 0 Å². The van der Waals surface area contributed by atoms with Gasteiger partial charge in [0.15, 0.2) is 5.96 Å². The average Bonchev–Trinajstić information content (AvgIpc) is 3.19. The van der Waals surface area contributed by atoms with Crippen LogP contribution in [0.5, 0.6) is 5.75 Å². The Kier molecular flexibility index (Phi) is 6.97. The van der Waals surface area contributed by atoms with Gasteiger partial charge >= 0.3 is 0 Å². The first-order valence-electron chi connectivity index (χ1n) is 9.75. The first-order chi connectivity index (χ1) is 13.3. The molecule has 144 valence electrons. The standard InChI is InChI=1S/C22H30N4O/c1-3-27-21-12-8-7-9-19(21)16-25-22(23-2)24-15-18-13-14-26(17-18)20-10-5-4-6-11-20/h4-12,18H,3,13-17H2,1-2H3,(H2,23,24,25). The fourth-order valence-corrected chi connectivity index (χ4v) is 3.46. The Bertz CT molecular complexity index is 732. The number of benzene rings is 2. The molecule has 0 aliphatic carbocycles. The first-order valence-corrected chi connectivity index (χ1v) is 9.75. The Labute approximate surface area is 162 Å². The Morgan fingerprint density at radius 3 is 2.67 bits per heavy atom. The molecule has 3 rings (SSSR count). The summed E-state index contributed by atoms with van der Waals surface area (Å²) in [6.45, 7) is 6.49. The van der Waals surface area contributed by atoms with Crippen LogP contribution in [0.3, 0.4) is 0 Å². The minimum absolute atomic E-state index is 0.625. The number of anilines is 1. The highest BCUT2D eigenvalue weighted by Crippen LogP contribution is 2.23. The molecular formula is C22H30N4O. The lowest BCUT2D eigenvalue weighted by molar-refractivity contribution is 0.336. The summed E-state index contributed by atoms with van der Waals surface area (Å²) in [5, 5.41) is 6.87. The number of hydrogen-bond acceptors (Lipinski definition) is 3. The molecule has 2 N–H and O–H groups in total. The summed E-state index contributed by atoms with van der Waals surface area (Å²) in [5.41, 5.74) is 2.45. The summed E-state index contributed by atoms with van der Waals surface area (Å²) >= 11 is 0. The predicted octanol–water partition coefficient (Wildman–Crippen LogP) is 3.28. The van der Waals surface area contributed by atoms with Gasteiger partial charge in [0.25, 0.3) is 0 Å². The van der Waals surface area contributed by atoms with Gasteiger partial charge in [0.2, 0.25) is 0 Å². The summed E-state index contributed by atoms with van der Waals surface area (Å²) < 4.78 is 5.69. The van der Waals surface area contributed by atoms with E-state index in [0.29, 0.717) is 19.1 Å². The zero-order valence-electron chi connectivity index (χ0n) is 16.3. The molecule has 0 amide bonds. The van der Waals surface area contributed by atoms with Crippen molar-refractivity contribution >= 4 is 11.6 Å². The zero-order valence-corrected chi connectivity index (χ0v) is 16.3. The molecule has 1 aliphatic heterocycles. The third kappa shape index (κ3) is 5.39.